The Morgan fingerprint density at radius 1 is 1.57 bits per heavy atom. The number of aromatic hydroxyl groups is 1. The highest BCUT2D eigenvalue weighted by atomic mass is 16.3. The Balaban J connectivity index is 2.90. The van der Waals surface area contributed by atoms with Gasteiger partial charge in [-0.05, 0) is 0 Å². The maximum atomic E-state index is 11.2. The number of nitrogens with one attached hydrogen (secondary N) is 2. The van der Waals surface area contributed by atoms with Crippen molar-refractivity contribution < 1.29 is 15.0 Å². The van der Waals surface area contributed by atoms with Crippen molar-refractivity contribution >= 4 is 5.91 Å². The Bertz CT molecular complexity index is 385. The predicted octanol–water partition coefficient (Wildman–Crippen LogP) is -1.20. The number of rotatable bonds is 3. The number of pyridine rings is 1. The van der Waals surface area contributed by atoms with Crippen LogP contribution in [0, 0.1) is 0 Å². The van der Waals surface area contributed by atoms with E-state index in [0.717, 1.165) is 6.07 Å². The Morgan fingerprint density at radius 2 is 2.29 bits per heavy atom. The molecule has 6 nitrogen and oxygen atoms in total. The molecule has 76 valence electrons. The van der Waals surface area contributed by atoms with Gasteiger partial charge in [-0.1, -0.05) is 0 Å². The zero-order valence-electron chi connectivity index (χ0n) is 7.28. The molecule has 0 atom stereocenters. The standard InChI is InChI=1S/C8H10N2O4/c11-4-3-10-8(14)6-7(13)5(12)1-2-9-6/h1-2,11,13H,3-4H2,(H,9,12)(H,10,14). The van der Waals surface area contributed by atoms with Gasteiger partial charge in [-0.3, -0.25) is 9.59 Å². The molecule has 0 saturated carbocycles. The smallest absolute Gasteiger partial charge is 0.271 e. The molecule has 1 amide bonds. The van der Waals surface area contributed by atoms with Gasteiger partial charge in [0.15, 0.2) is 11.4 Å². The Morgan fingerprint density at radius 3 is 2.93 bits per heavy atom. The van der Waals surface area contributed by atoms with E-state index in [1.807, 2.05) is 0 Å². The van der Waals surface area contributed by atoms with Gasteiger partial charge in [0.1, 0.15) is 0 Å². The summed E-state index contributed by atoms with van der Waals surface area (Å²) in [7, 11) is 0. The summed E-state index contributed by atoms with van der Waals surface area (Å²) in [6.45, 7) is -0.140. The van der Waals surface area contributed by atoms with Gasteiger partial charge in [-0.25, -0.2) is 0 Å². The lowest BCUT2D eigenvalue weighted by Crippen LogP contribution is -2.28. The molecule has 1 aromatic rings. The summed E-state index contributed by atoms with van der Waals surface area (Å²) in [5, 5.41) is 19.9. The third kappa shape index (κ3) is 2.11. The van der Waals surface area contributed by atoms with E-state index in [2.05, 4.69) is 10.3 Å². The summed E-state index contributed by atoms with van der Waals surface area (Å²) in [5.74, 6) is -1.25. The lowest BCUT2D eigenvalue weighted by atomic mass is 10.3. The molecule has 0 saturated heterocycles. The molecule has 0 aliphatic heterocycles. The number of carbonyl (C=O) groups is 1. The first kappa shape index (κ1) is 10.3. The van der Waals surface area contributed by atoms with Gasteiger partial charge in [0.25, 0.3) is 5.91 Å². The topological polar surface area (TPSA) is 102 Å². The van der Waals surface area contributed by atoms with Crippen LogP contribution in [0.15, 0.2) is 17.1 Å². The fourth-order valence-electron chi connectivity index (χ4n) is 0.902. The van der Waals surface area contributed by atoms with E-state index in [4.69, 9.17) is 5.11 Å². The fraction of sp³-hybridized carbons (Fsp3) is 0.250. The maximum Gasteiger partial charge on any atom is 0.271 e. The Kier molecular flexibility index (Phi) is 3.24. The number of aromatic nitrogens is 1. The van der Waals surface area contributed by atoms with Crippen molar-refractivity contribution in [2.75, 3.05) is 13.2 Å². The number of aromatic amines is 1. The molecular formula is C8H10N2O4. The second-order valence-electron chi connectivity index (χ2n) is 2.55. The average Bonchev–Trinajstić information content (AvgIpc) is 2.18. The van der Waals surface area contributed by atoms with E-state index in [-0.39, 0.29) is 18.8 Å². The summed E-state index contributed by atoms with van der Waals surface area (Å²) < 4.78 is 0. The van der Waals surface area contributed by atoms with E-state index in [9.17, 15) is 14.7 Å². The van der Waals surface area contributed by atoms with Crippen molar-refractivity contribution in [3.05, 3.63) is 28.2 Å². The number of aliphatic hydroxyl groups excluding tert-OH is 1. The monoisotopic (exact) mass is 198 g/mol. The highest BCUT2D eigenvalue weighted by molar-refractivity contribution is 5.94. The minimum atomic E-state index is -0.630. The van der Waals surface area contributed by atoms with Crippen LogP contribution in [0.5, 0.6) is 5.75 Å². The third-order valence-corrected chi connectivity index (χ3v) is 1.56. The summed E-state index contributed by atoms with van der Waals surface area (Å²) in [5.41, 5.74) is -0.830. The van der Waals surface area contributed by atoms with Crippen molar-refractivity contribution in [3.8, 4) is 5.75 Å². The first-order valence-corrected chi connectivity index (χ1v) is 3.96. The van der Waals surface area contributed by atoms with Crippen molar-refractivity contribution in [1.82, 2.24) is 10.3 Å². The Labute approximate surface area is 79.2 Å². The zero-order chi connectivity index (χ0) is 10.6. The molecule has 0 fully saturated rings. The van der Waals surface area contributed by atoms with Gasteiger partial charge in [0.2, 0.25) is 5.43 Å². The van der Waals surface area contributed by atoms with Crippen LogP contribution < -0.4 is 10.7 Å². The number of amides is 1. The molecule has 0 bridgehead atoms. The van der Waals surface area contributed by atoms with Crippen molar-refractivity contribution in [3.63, 3.8) is 0 Å². The minimum absolute atomic E-state index is 0.0647. The van der Waals surface area contributed by atoms with E-state index in [1.54, 1.807) is 0 Å². The molecule has 1 aromatic heterocycles. The quantitative estimate of drug-likeness (QED) is 0.490. The molecule has 1 heterocycles. The molecule has 0 spiro atoms. The van der Waals surface area contributed by atoms with Crippen molar-refractivity contribution in [2.45, 2.75) is 0 Å². The number of carbonyl (C=O) groups excluding carboxylic acids is 1. The van der Waals surface area contributed by atoms with Gasteiger partial charge in [-0.15, -0.1) is 0 Å². The number of hydrogen-bond acceptors (Lipinski definition) is 4. The first-order chi connectivity index (χ1) is 6.66. The number of aliphatic hydroxyl groups is 1. The molecule has 4 N–H and O–H groups in total. The first-order valence-electron chi connectivity index (χ1n) is 3.96. The minimum Gasteiger partial charge on any atom is -0.503 e. The molecule has 0 radical (unpaired) electrons. The van der Waals surface area contributed by atoms with Crippen LogP contribution in [-0.4, -0.2) is 34.3 Å². The van der Waals surface area contributed by atoms with Gasteiger partial charge in [-0.2, -0.15) is 0 Å². The number of hydrogen-bond donors (Lipinski definition) is 4. The third-order valence-electron chi connectivity index (χ3n) is 1.56. The second-order valence-corrected chi connectivity index (χ2v) is 2.55. The molecular weight excluding hydrogens is 188 g/mol. The average molecular weight is 198 g/mol. The summed E-state index contributed by atoms with van der Waals surface area (Å²) in [4.78, 5) is 24.6. The second kappa shape index (κ2) is 4.43. The molecule has 0 aliphatic carbocycles. The zero-order valence-corrected chi connectivity index (χ0v) is 7.28. The molecule has 0 unspecified atom stereocenters. The van der Waals surface area contributed by atoms with Crippen LogP contribution in [0.2, 0.25) is 0 Å². The van der Waals surface area contributed by atoms with Crippen LogP contribution in [0.3, 0.4) is 0 Å². The number of H-pyrrole nitrogens is 1. The van der Waals surface area contributed by atoms with E-state index in [0.29, 0.717) is 0 Å². The van der Waals surface area contributed by atoms with Crippen LogP contribution in [0.4, 0.5) is 0 Å². The van der Waals surface area contributed by atoms with Gasteiger partial charge in [0, 0.05) is 18.8 Å². The van der Waals surface area contributed by atoms with Gasteiger partial charge in [0.05, 0.1) is 6.61 Å². The lowest BCUT2D eigenvalue weighted by Gasteiger charge is -2.03. The van der Waals surface area contributed by atoms with E-state index in [1.165, 1.54) is 6.20 Å². The molecule has 6 heteroatoms. The summed E-state index contributed by atoms with van der Waals surface area (Å²) in [6, 6.07) is 1.11. The van der Waals surface area contributed by atoms with Gasteiger partial charge < -0.3 is 20.5 Å². The van der Waals surface area contributed by atoms with Gasteiger partial charge >= 0.3 is 0 Å². The Hall–Kier alpha value is -1.82. The molecule has 14 heavy (non-hydrogen) atoms. The van der Waals surface area contributed by atoms with E-state index >= 15 is 0 Å². The predicted molar refractivity (Wildman–Crippen MR) is 48.1 cm³/mol. The summed E-state index contributed by atoms with van der Waals surface area (Å²) in [6.07, 6.45) is 1.26. The normalized spacial score (nSPS) is 9.79. The largest absolute Gasteiger partial charge is 0.503 e. The maximum absolute atomic E-state index is 11.2. The fourth-order valence-corrected chi connectivity index (χ4v) is 0.902. The van der Waals surface area contributed by atoms with Crippen LogP contribution >= 0.6 is 0 Å². The molecule has 1 rings (SSSR count). The van der Waals surface area contributed by atoms with Crippen LogP contribution in [-0.2, 0) is 0 Å². The highest BCUT2D eigenvalue weighted by Crippen LogP contribution is 2.05. The molecule has 0 aromatic carbocycles. The van der Waals surface area contributed by atoms with Crippen LogP contribution in [0.25, 0.3) is 0 Å². The lowest BCUT2D eigenvalue weighted by molar-refractivity contribution is 0.0936. The summed E-state index contributed by atoms with van der Waals surface area (Å²) >= 11 is 0. The SMILES string of the molecule is O=C(NCCO)c1[nH]ccc(=O)c1O. The van der Waals surface area contributed by atoms with Crippen molar-refractivity contribution in [1.29, 1.82) is 0 Å². The van der Waals surface area contributed by atoms with Crippen molar-refractivity contribution in [2.24, 2.45) is 0 Å². The van der Waals surface area contributed by atoms with E-state index < -0.39 is 17.1 Å². The van der Waals surface area contributed by atoms with Crippen LogP contribution in [0.1, 0.15) is 10.5 Å². The molecule has 0 aliphatic rings. The highest BCUT2D eigenvalue weighted by Gasteiger charge is 2.12.